The molecule has 0 bridgehead atoms. The minimum absolute atomic E-state index is 0.907. The molecule has 2 nitrogen and oxygen atoms in total. The van der Waals surface area contributed by atoms with Gasteiger partial charge in [0, 0.05) is 16.5 Å². The van der Waals surface area contributed by atoms with Crippen LogP contribution in [0.2, 0.25) is 0 Å². The molecule has 0 saturated heterocycles. The van der Waals surface area contributed by atoms with Crippen molar-refractivity contribution in [1.29, 1.82) is 0 Å². The Morgan fingerprint density at radius 1 is 0.268 bits per heavy atom. The molecule has 0 aliphatic carbocycles. The lowest BCUT2D eigenvalue weighted by Gasteiger charge is -2.40. The number of rotatable bonds is 7. The summed E-state index contributed by atoms with van der Waals surface area (Å²) < 4.78 is 9.55. The first kappa shape index (κ1) is 41.0. The zero-order valence-electron chi connectivity index (χ0n) is 38.8. The third-order valence-electron chi connectivity index (χ3n) is 15.0. The summed E-state index contributed by atoms with van der Waals surface area (Å²) in [5.41, 5.74) is 13.2. The van der Waals surface area contributed by atoms with Gasteiger partial charge in [-0.25, -0.2) is 0 Å². The van der Waals surface area contributed by atoms with Crippen LogP contribution in [0.1, 0.15) is 0 Å². The van der Waals surface area contributed by atoms with Gasteiger partial charge < -0.3 is 9.30 Å². The smallest absolute Gasteiger partial charge is 0.188 e. The van der Waals surface area contributed by atoms with Gasteiger partial charge in [0.15, 0.2) is 8.07 Å². The van der Waals surface area contributed by atoms with Crippen molar-refractivity contribution in [2.75, 3.05) is 0 Å². The molecule has 0 radical (unpaired) electrons. The molecule has 0 saturated carbocycles. The molecule has 1 atom stereocenters. The van der Waals surface area contributed by atoms with Crippen LogP contribution in [0.4, 0.5) is 0 Å². The summed E-state index contributed by atoms with van der Waals surface area (Å²) in [7, 11) is -3.03. The maximum atomic E-state index is 7.17. The maximum absolute atomic E-state index is 7.17. The Kier molecular flexibility index (Phi) is 9.58. The lowest BCUT2D eigenvalue weighted by Crippen LogP contribution is -2.76. The predicted molar refractivity (Wildman–Crippen MR) is 301 cm³/mol. The molecule has 332 valence electrons. The molecule has 2 heterocycles. The monoisotopic (exact) mass is 919 g/mol. The molecule has 0 spiro atoms. The average Bonchev–Trinajstić information content (AvgIpc) is 3.78. The Labute approximate surface area is 414 Å². The second-order valence-electron chi connectivity index (χ2n) is 18.7. The molecule has 12 aromatic carbocycles. The molecule has 0 amide bonds. The molecule has 13 aromatic rings. The third kappa shape index (κ3) is 6.48. The van der Waals surface area contributed by atoms with Gasteiger partial charge in [-0.15, -0.1) is 0 Å². The molecule has 3 heteroatoms. The van der Waals surface area contributed by atoms with Crippen LogP contribution in [-0.2, 0) is 0 Å². The van der Waals surface area contributed by atoms with E-state index < -0.39 is 8.07 Å². The number of benzene rings is 12. The average molecular weight is 920 g/mol. The standard InChI is InChI=1S/C68H45NOSi/c1-3-17-46(18-4-1)48-33-40-53(41-34-48)71(54-42-35-49(36-43-54)47-31-38-52(39-32-47)69-61-27-13-11-21-55(61)56-22-12-14-28-62(56)69)65-30-16-15-29-63(65)70-64-45-51(37-44-66(64)71)68-59-25-9-7-23-57(59)67(50-19-5-2-6-20-50)58-24-8-10-26-60(58)68/h1-45H. The van der Waals surface area contributed by atoms with Gasteiger partial charge in [-0.2, -0.15) is 0 Å². The van der Waals surface area contributed by atoms with Gasteiger partial charge in [0.05, 0.1) is 11.0 Å². The summed E-state index contributed by atoms with van der Waals surface area (Å²) in [6.45, 7) is 0. The van der Waals surface area contributed by atoms with Crippen LogP contribution in [-0.4, -0.2) is 12.6 Å². The third-order valence-corrected chi connectivity index (χ3v) is 19.8. The van der Waals surface area contributed by atoms with E-state index in [0.717, 1.165) is 22.7 Å². The minimum Gasteiger partial charge on any atom is -0.458 e. The molecule has 14 rings (SSSR count). The number of nitrogens with zero attached hydrogens (tertiary/aromatic N) is 1. The molecule has 1 aliphatic heterocycles. The van der Waals surface area contributed by atoms with Gasteiger partial charge in [-0.3, -0.25) is 0 Å². The van der Waals surface area contributed by atoms with E-state index in [4.69, 9.17) is 4.74 Å². The highest BCUT2D eigenvalue weighted by Crippen LogP contribution is 2.45. The number of hydrogen-bond donors (Lipinski definition) is 0. The molecule has 0 N–H and O–H groups in total. The maximum Gasteiger partial charge on any atom is 0.188 e. The minimum atomic E-state index is -3.03. The van der Waals surface area contributed by atoms with Crippen LogP contribution in [0.15, 0.2) is 273 Å². The molecular weight excluding hydrogens is 875 g/mol. The fourth-order valence-electron chi connectivity index (χ4n) is 11.8. The lowest BCUT2D eigenvalue weighted by atomic mass is 9.86. The summed E-state index contributed by atoms with van der Waals surface area (Å²) in [6, 6.07) is 100. The zero-order valence-corrected chi connectivity index (χ0v) is 39.8. The Morgan fingerprint density at radius 2 is 0.648 bits per heavy atom. The molecule has 1 aliphatic rings. The van der Waals surface area contributed by atoms with Crippen LogP contribution in [0.25, 0.3) is 93.5 Å². The van der Waals surface area contributed by atoms with Crippen LogP contribution in [0, 0.1) is 0 Å². The van der Waals surface area contributed by atoms with Crippen molar-refractivity contribution >= 4 is 72.2 Å². The van der Waals surface area contributed by atoms with Gasteiger partial charge in [0.2, 0.25) is 0 Å². The van der Waals surface area contributed by atoms with Gasteiger partial charge in [0.25, 0.3) is 0 Å². The van der Waals surface area contributed by atoms with Gasteiger partial charge in [-0.1, -0.05) is 237 Å². The van der Waals surface area contributed by atoms with Crippen LogP contribution < -0.4 is 25.5 Å². The van der Waals surface area contributed by atoms with Crippen molar-refractivity contribution < 1.29 is 4.74 Å². The van der Waals surface area contributed by atoms with Crippen LogP contribution in [0.3, 0.4) is 0 Å². The highest BCUT2D eigenvalue weighted by Gasteiger charge is 2.48. The summed E-state index contributed by atoms with van der Waals surface area (Å²) in [5, 5.41) is 12.6. The number of ether oxygens (including phenoxy) is 1. The largest absolute Gasteiger partial charge is 0.458 e. The van der Waals surface area contributed by atoms with Crippen LogP contribution in [0.5, 0.6) is 11.5 Å². The molecule has 71 heavy (non-hydrogen) atoms. The second kappa shape index (κ2) is 16.6. The van der Waals surface area contributed by atoms with E-state index in [1.54, 1.807) is 0 Å². The van der Waals surface area contributed by atoms with E-state index in [1.165, 1.54) is 103 Å². The fourth-order valence-corrected chi connectivity index (χ4v) is 16.7. The van der Waals surface area contributed by atoms with Gasteiger partial charge >= 0.3 is 0 Å². The molecule has 0 fully saturated rings. The van der Waals surface area contributed by atoms with E-state index in [2.05, 4.69) is 278 Å². The number of hydrogen-bond acceptors (Lipinski definition) is 1. The second-order valence-corrected chi connectivity index (χ2v) is 22.4. The van der Waals surface area contributed by atoms with Crippen molar-refractivity contribution in [3.05, 3.63) is 273 Å². The molecule has 1 aromatic heterocycles. The van der Waals surface area contributed by atoms with E-state index in [1.807, 2.05) is 0 Å². The fraction of sp³-hybridized carbons (Fsp3) is 0. The summed E-state index contributed by atoms with van der Waals surface area (Å²) in [5.74, 6) is 1.82. The molecule has 1 unspecified atom stereocenters. The highest BCUT2D eigenvalue weighted by atomic mass is 28.3. The number of para-hydroxylation sites is 3. The van der Waals surface area contributed by atoms with Crippen molar-refractivity contribution in [3.8, 4) is 61.7 Å². The summed E-state index contributed by atoms with van der Waals surface area (Å²) >= 11 is 0. The first-order chi connectivity index (χ1) is 35.2. The lowest BCUT2D eigenvalue weighted by molar-refractivity contribution is 0.487. The first-order valence-electron chi connectivity index (χ1n) is 24.5. The highest BCUT2D eigenvalue weighted by molar-refractivity contribution is 7.20. The molecular formula is C68H45NOSi. The van der Waals surface area contributed by atoms with Gasteiger partial charge in [-0.05, 0) is 123 Å². The van der Waals surface area contributed by atoms with Gasteiger partial charge in [0.1, 0.15) is 11.5 Å². The Bertz CT molecular complexity index is 4050. The van der Waals surface area contributed by atoms with Crippen LogP contribution >= 0.6 is 0 Å². The summed E-state index contributed by atoms with van der Waals surface area (Å²) in [6.07, 6.45) is 0. The van der Waals surface area contributed by atoms with Crippen molar-refractivity contribution in [3.63, 3.8) is 0 Å². The predicted octanol–water partition coefficient (Wildman–Crippen LogP) is 15.2. The van der Waals surface area contributed by atoms with E-state index in [0.29, 0.717) is 0 Å². The van der Waals surface area contributed by atoms with E-state index >= 15 is 0 Å². The topological polar surface area (TPSA) is 14.2 Å². The number of aromatic nitrogens is 1. The normalized spacial score (nSPS) is 14.1. The number of fused-ring (bicyclic) bond motifs is 7. The zero-order chi connectivity index (χ0) is 46.9. The summed E-state index contributed by atoms with van der Waals surface area (Å²) in [4.78, 5) is 0. The van der Waals surface area contributed by atoms with Crippen molar-refractivity contribution in [2.45, 2.75) is 0 Å². The first-order valence-corrected chi connectivity index (χ1v) is 26.5. The van der Waals surface area contributed by atoms with E-state index in [-0.39, 0.29) is 0 Å². The Balaban J connectivity index is 0.941. The Hall–Kier alpha value is -9.02. The SMILES string of the molecule is c1ccc(-c2ccc([Si]3(c4ccc(-c5ccc(-n6c7ccccc7c7ccccc76)cc5)cc4)c4ccccc4Oc4cc(-c5c6ccccc6c(-c6ccccc6)c6ccccc56)ccc43)cc2)cc1. The van der Waals surface area contributed by atoms with Crippen molar-refractivity contribution in [1.82, 2.24) is 4.57 Å². The Morgan fingerprint density at radius 3 is 1.18 bits per heavy atom. The quantitative estimate of drug-likeness (QED) is 0.115. The van der Waals surface area contributed by atoms with Crippen molar-refractivity contribution in [2.24, 2.45) is 0 Å². The van der Waals surface area contributed by atoms with E-state index in [9.17, 15) is 0 Å².